The van der Waals surface area contributed by atoms with Crippen LogP contribution in [0.3, 0.4) is 0 Å². The summed E-state index contributed by atoms with van der Waals surface area (Å²) >= 11 is 12.4. The molecule has 0 bridgehead atoms. The first-order valence-corrected chi connectivity index (χ1v) is 10.9. The maximum atomic E-state index is 13.4. The highest BCUT2D eigenvalue weighted by Crippen LogP contribution is 2.24. The van der Waals surface area contributed by atoms with Crippen molar-refractivity contribution in [1.29, 1.82) is 0 Å². The second-order valence-corrected chi connectivity index (χ2v) is 9.43. The molecule has 0 heterocycles. The second kappa shape index (κ2) is 10.3. The van der Waals surface area contributed by atoms with Crippen molar-refractivity contribution < 1.29 is 9.59 Å². The SMILES string of the molecule is CCC(C(=O)NC(C)(C)C)N(Cc1ccc(Cl)cc1Cl)C(=O)Cc1cccc(C)c1. The van der Waals surface area contributed by atoms with E-state index in [4.69, 9.17) is 23.2 Å². The van der Waals surface area contributed by atoms with Crippen LogP contribution in [0, 0.1) is 6.92 Å². The Hall–Kier alpha value is -2.04. The molecule has 30 heavy (non-hydrogen) atoms. The number of benzene rings is 2. The van der Waals surface area contributed by atoms with Crippen molar-refractivity contribution in [2.75, 3.05) is 0 Å². The van der Waals surface area contributed by atoms with Gasteiger partial charge in [0.1, 0.15) is 6.04 Å². The highest BCUT2D eigenvalue weighted by Gasteiger charge is 2.31. The Labute approximate surface area is 189 Å². The lowest BCUT2D eigenvalue weighted by molar-refractivity contribution is -0.141. The third-order valence-corrected chi connectivity index (χ3v) is 5.26. The molecule has 2 aromatic carbocycles. The van der Waals surface area contributed by atoms with Crippen LogP contribution in [0.15, 0.2) is 42.5 Å². The Kier molecular flexibility index (Phi) is 8.34. The summed E-state index contributed by atoms with van der Waals surface area (Å²) in [5, 5.41) is 4.00. The molecule has 0 radical (unpaired) electrons. The minimum Gasteiger partial charge on any atom is -0.350 e. The van der Waals surface area contributed by atoms with Gasteiger partial charge in [0.05, 0.1) is 6.42 Å². The minimum atomic E-state index is -0.603. The third-order valence-electron chi connectivity index (χ3n) is 4.68. The topological polar surface area (TPSA) is 49.4 Å². The van der Waals surface area contributed by atoms with Gasteiger partial charge < -0.3 is 10.2 Å². The zero-order chi connectivity index (χ0) is 22.5. The zero-order valence-corrected chi connectivity index (χ0v) is 19.8. The van der Waals surface area contributed by atoms with E-state index in [1.165, 1.54) is 0 Å². The lowest BCUT2D eigenvalue weighted by Gasteiger charge is -2.33. The van der Waals surface area contributed by atoms with Crippen molar-refractivity contribution in [1.82, 2.24) is 10.2 Å². The molecule has 2 aromatic rings. The van der Waals surface area contributed by atoms with Crippen LogP contribution < -0.4 is 5.32 Å². The summed E-state index contributed by atoms with van der Waals surface area (Å²) in [6.07, 6.45) is 0.707. The summed E-state index contributed by atoms with van der Waals surface area (Å²) in [5.41, 5.74) is 2.36. The first-order valence-electron chi connectivity index (χ1n) is 10.1. The molecule has 0 fully saturated rings. The fraction of sp³-hybridized carbons (Fsp3) is 0.417. The fourth-order valence-electron chi connectivity index (χ4n) is 3.30. The second-order valence-electron chi connectivity index (χ2n) is 8.59. The molecule has 2 amide bonds. The molecule has 2 rings (SSSR count). The summed E-state index contributed by atoms with van der Waals surface area (Å²) in [4.78, 5) is 28.0. The van der Waals surface area contributed by atoms with Gasteiger partial charge in [0.15, 0.2) is 0 Å². The molecule has 1 atom stereocenters. The van der Waals surface area contributed by atoms with Crippen LogP contribution in [0.25, 0.3) is 0 Å². The molecule has 0 spiro atoms. The number of halogens is 2. The largest absolute Gasteiger partial charge is 0.350 e. The number of hydrogen-bond donors (Lipinski definition) is 1. The zero-order valence-electron chi connectivity index (χ0n) is 18.3. The van der Waals surface area contributed by atoms with Crippen LogP contribution in [-0.2, 0) is 22.6 Å². The summed E-state index contributed by atoms with van der Waals surface area (Å²) in [5.74, 6) is -0.296. The molecular weight excluding hydrogens is 419 g/mol. The predicted octanol–water partition coefficient (Wildman–Crippen LogP) is 5.57. The molecule has 0 aromatic heterocycles. The predicted molar refractivity (Wildman–Crippen MR) is 124 cm³/mol. The van der Waals surface area contributed by atoms with E-state index in [9.17, 15) is 9.59 Å². The fourth-order valence-corrected chi connectivity index (χ4v) is 3.77. The molecule has 0 saturated carbocycles. The number of nitrogens with one attached hydrogen (secondary N) is 1. The van der Waals surface area contributed by atoms with Gasteiger partial charge in [0.2, 0.25) is 11.8 Å². The van der Waals surface area contributed by atoms with E-state index in [-0.39, 0.29) is 24.8 Å². The Bertz CT molecular complexity index is 906. The maximum Gasteiger partial charge on any atom is 0.243 e. The van der Waals surface area contributed by atoms with E-state index in [1.807, 2.05) is 58.9 Å². The molecule has 0 aliphatic carbocycles. The average Bonchev–Trinajstić information content (AvgIpc) is 2.61. The van der Waals surface area contributed by atoms with Gasteiger partial charge in [-0.25, -0.2) is 0 Å². The van der Waals surface area contributed by atoms with Gasteiger partial charge in [0.25, 0.3) is 0 Å². The van der Waals surface area contributed by atoms with Crippen molar-refractivity contribution >= 4 is 35.0 Å². The minimum absolute atomic E-state index is 0.123. The van der Waals surface area contributed by atoms with Crippen molar-refractivity contribution in [3.63, 3.8) is 0 Å². The molecule has 0 aliphatic rings. The standard InChI is InChI=1S/C24H30Cl2N2O2/c1-6-21(23(30)27-24(3,4)5)28(15-18-10-11-19(25)14-20(18)26)22(29)13-17-9-7-8-16(2)12-17/h7-12,14,21H,6,13,15H2,1-5H3,(H,27,30). The number of amides is 2. The smallest absolute Gasteiger partial charge is 0.243 e. The van der Waals surface area contributed by atoms with Crippen molar-refractivity contribution in [3.05, 3.63) is 69.2 Å². The lowest BCUT2D eigenvalue weighted by atomic mass is 10.0. The van der Waals surface area contributed by atoms with Gasteiger partial charge in [-0.2, -0.15) is 0 Å². The van der Waals surface area contributed by atoms with E-state index < -0.39 is 11.6 Å². The van der Waals surface area contributed by atoms with Crippen LogP contribution in [0.5, 0.6) is 0 Å². The molecule has 0 saturated heterocycles. The number of carbonyl (C=O) groups excluding carboxylic acids is 2. The molecular formula is C24H30Cl2N2O2. The van der Waals surface area contributed by atoms with Crippen molar-refractivity contribution in [2.24, 2.45) is 0 Å². The van der Waals surface area contributed by atoms with E-state index in [2.05, 4.69) is 5.32 Å². The van der Waals surface area contributed by atoms with Crippen LogP contribution in [0.2, 0.25) is 10.0 Å². The van der Waals surface area contributed by atoms with E-state index in [0.29, 0.717) is 16.5 Å². The summed E-state index contributed by atoms with van der Waals surface area (Å²) < 4.78 is 0. The van der Waals surface area contributed by atoms with E-state index in [1.54, 1.807) is 23.1 Å². The van der Waals surface area contributed by atoms with Gasteiger partial charge in [-0.05, 0) is 57.4 Å². The highest BCUT2D eigenvalue weighted by atomic mass is 35.5. The monoisotopic (exact) mass is 448 g/mol. The lowest BCUT2D eigenvalue weighted by Crippen LogP contribution is -2.53. The number of hydrogen-bond acceptors (Lipinski definition) is 2. The van der Waals surface area contributed by atoms with Crippen LogP contribution >= 0.6 is 23.2 Å². The van der Waals surface area contributed by atoms with Gasteiger partial charge >= 0.3 is 0 Å². The Morgan fingerprint density at radius 3 is 2.37 bits per heavy atom. The number of carbonyl (C=O) groups is 2. The van der Waals surface area contributed by atoms with E-state index >= 15 is 0 Å². The molecule has 0 aliphatic heterocycles. The molecule has 6 heteroatoms. The molecule has 1 N–H and O–H groups in total. The first-order chi connectivity index (χ1) is 14.0. The van der Waals surface area contributed by atoms with Crippen molar-refractivity contribution in [2.45, 2.75) is 65.6 Å². The van der Waals surface area contributed by atoms with Gasteiger partial charge in [0, 0.05) is 22.1 Å². The van der Waals surface area contributed by atoms with Gasteiger partial charge in [-0.1, -0.05) is 66.0 Å². The number of nitrogens with zero attached hydrogens (tertiary/aromatic N) is 1. The highest BCUT2D eigenvalue weighted by molar-refractivity contribution is 6.35. The number of aryl methyl sites for hydroxylation is 1. The molecule has 4 nitrogen and oxygen atoms in total. The Morgan fingerprint density at radius 2 is 1.80 bits per heavy atom. The first kappa shape index (κ1) is 24.2. The third kappa shape index (κ3) is 7.03. The van der Waals surface area contributed by atoms with Crippen LogP contribution in [0.4, 0.5) is 0 Å². The maximum absolute atomic E-state index is 13.4. The summed E-state index contributed by atoms with van der Waals surface area (Å²) in [6.45, 7) is 9.90. The van der Waals surface area contributed by atoms with Gasteiger partial charge in [-0.15, -0.1) is 0 Å². The summed E-state index contributed by atoms with van der Waals surface area (Å²) in [7, 11) is 0. The molecule has 162 valence electrons. The van der Waals surface area contributed by atoms with Crippen molar-refractivity contribution in [3.8, 4) is 0 Å². The Balaban J connectivity index is 2.36. The summed E-state index contributed by atoms with van der Waals surface area (Å²) in [6, 6.07) is 12.4. The molecule has 1 unspecified atom stereocenters. The van der Waals surface area contributed by atoms with E-state index in [0.717, 1.165) is 16.7 Å². The quantitative estimate of drug-likeness (QED) is 0.601. The van der Waals surface area contributed by atoms with Crippen LogP contribution in [-0.4, -0.2) is 28.3 Å². The Morgan fingerprint density at radius 1 is 1.10 bits per heavy atom. The normalized spacial score (nSPS) is 12.4. The number of rotatable bonds is 7. The van der Waals surface area contributed by atoms with Gasteiger partial charge in [-0.3, -0.25) is 9.59 Å². The van der Waals surface area contributed by atoms with Crippen LogP contribution in [0.1, 0.15) is 50.8 Å². The average molecular weight is 449 g/mol.